The summed E-state index contributed by atoms with van der Waals surface area (Å²) in [7, 11) is 0. The molecule has 0 fully saturated rings. The van der Waals surface area contributed by atoms with Crippen molar-refractivity contribution in [3.8, 4) is 11.5 Å². The standard InChI is InChI=1S/C18H21NO2/c1-5-18(20)17-9-7-15(11-19-17)21-14-6-8-16(12(2)3)13(4)10-14/h6-12H,5H2,1-4H3. The minimum absolute atomic E-state index is 0.0404. The Bertz CT molecular complexity index is 630. The number of aryl methyl sites for hydroxylation is 1. The van der Waals surface area contributed by atoms with Gasteiger partial charge in [-0.1, -0.05) is 26.8 Å². The van der Waals surface area contributed by atoms with Crippen molar-refractivity contribution >= 4 is 5.78 Å². The average molecular weight is 283 g/mol. The van der Waals surface area contributed by atoms with E-state index in [1.54, 1.807) is 18.3 Å². The van der Waals surface area contributed by atoms with Crippen LogP contribution in [0.4, 0.5) is 0 Å². The first-order valence-electron chi connectivity index (χ1n) is 7.29. The number of pyridine rings is 1. The predicted molar refractivity (Wildman–Crippen MR) is 84.2 cm³/mol. The fourth-order valence-corrected chi connectivity index (χ4v) is 2.28. The zero-order valence-corrected chi connectivity index (χ0v) is 13.0. The van der Waals surface area contributed by atoms with E-state index >= 15 is 0 Å². The molecule has 0 aliphatic carbocycles. The summed E-state index contributed by atoms with van der Waals surface area (Å²) < 4.78 is 5.79. The molecule has 0 spiro atoms. The van der Waals surface area contributed by atoms with Gasteiger partial charge < -0.3 is 4.74 Å². The van der Waals surface area contributed by atoms with E-state index in [0.29, 0.717) is 23.8 Å². The molecule has 3 heteroatoms. The third kappa shape index (κ3) is 3.69. The molecule has 0 aliphatic heterocycles. The van der Waals surface area contributed by atoms with E-state index in [0.717, 1.165) is 5.75 Å². The first kappa shape index (κ1) is 15.2. The van der Waals surface area contributed by atoms with E-state index in [9.17, 15) is 4.79 Å². The highest BCUT2D eigenvalue weighted by atomic mass is 16.5. The van der Waals surface area contributed by atoms with E-state index in [-0.39, 0.29) is 5.78 Å². The molecule has 0 N–H and O–H groups in total. The lowest BCUT2D eigenvalue weighted by Gasteiger charge is -2.12. The van der Waals surface area contributed by atoms with Crippen molar-refractivity contribution in [1.29, 1.82) is 0 Å². The quantitative estimate of drug-likeness (QED) is 0.733. The second-order valence-electron chi connectivity index (χ2n) is 5.43. The molecule has 0 unspecified atom stereocenters. The van der Waals surface area contributed by atoms with Crippen LogP contribution in [0.3, 0.4) is 0 Å². The number of hydrogen-bond acceptors (Lipinski definition) is 3. The molecule has 1 heterocycles. The second-order valence-corrected chi connectivity index (χ2v) is 5.43. The maximum Gasteiger partial charge on any atom is 0.180 e. The lowest BCUT2D eigenvalue weighted by Crippen LogP contribution is -1.99. The molecule has 0 radical (unpaired) electrons. The molecule has 3 nitrogen and oxygen atoms in total. The van der Waals surface area contributed by atoms with Crippen molar-refractivity contribution in [1.82, 2.24) is 4.98 Å². The summed E-state index contributed by atoms with van der Waals surface area (Å²) in [6.07, 6.45) is 2.05. The number of Topliss-reactive ketones (excluding diaryl/α,β-unsaturated/α-hetero) is 1. The second kappa shape index (κ2) is 6.53. The van der Waals surface area contributed by atoms with Crippen LogP contribution in [0, 0.1) is 6.92 Å². The normalized spacial score (nSPS) is 10.7. The van der Waals surface area contributed by atoms with E-state index in [1.807, 2.05) is 19.1 Å². The van der Waals surface area contributed by atoms with Gasteiger partial charge in [0.25, 0.3) is 0 Å². The number of carbonyl (C=O) groups excluding carboxylic acids is 1. The summed E-state index contributed by atoms with van der Waals surface area (Å²) in [4.78, 5) is 15.7. The van der Waals surface area contributed by atoms with Crippen LogP contribution in [0.2, 0.25) is 0 Å². The number of ether oxygens (including phenoxy) is 1. The number of ketones is 1. The highest BCUT2D eigenvalue weighted by molar-refractivity contribution is 5.93. The van der Waals surface area contributed by atoms with Crippen LogP contribution < -0.4 is 4.74 Å². The molecule has 0 saturated heterocycles. The predicted octanol–water partition coefficient (Wildman–Crippen LogP) is 4.90. The van der Waals surface area contributed by atoms with Gasteiger partial charge in [-0.25, -0.2) is 4.98 Å². The summed E-state index contributed by atoms with van der Waals surface area (Å²) in [6, 6.07) is 9.57. The molecule has 2 aromatic rings. The molecular formula is C18H21NO2. The van der Waals surface area contributed by atoms with Crippen molar-refractivity contribution in [3.63, 3.8) is 0 Å². The van der Waals surface area contributed by atoms with Crippen LogP contribution in [0.25, 0.3) is 0 Å². The Labute approximate surface area is 126 Å². The van der Waals surface area contributed by atoms with Crippen molar-refractivity contribution in [2.75, 3.05) is 0 Å². The maximum absolute atomic E-state index is 11.5. The topological polar surface area (TPSA) is 39.2 Å². The number of hydrogen-bond donors (Lipinski definition) is 0. The van der Waals surface area contributed by atoms with Crippen LogP contribution in [-0.4, -0.2) is 10.8 Å². The van der Waals surface area contributed by atoms with Gasteiger partial charge in [-0.05, 0) is 48.2 Å². The number of aromatic nitrogens is 1. The van der Waals surface area contributed by atoms with Crippen molar-refractivity contribution in [2.24, 2.45) is 0 Å². The third-order valence-electron chi connectivity index (χ3n) is 3.44. The fraction of sp³-hybridized carbons (Fsp3) is 0.333. The minimum atomic E-state index is 0.0404. The van der Waals surface area contributed by atoms with Crippen molar-refractivity contribution in [2.45, 2.75) is 40.0 Å². The molecule has 0 saturated carbocycles. The summed E-state index contributed by atoms with van der Waals surface area (Å²) in [5.74, 6) is 1.96. The van der Waals surface area contributed by atoms with Gasteiger partial charge in [-0.3, -0.25) is 4.79 Å². The molecule has 21 heavy (non-hydrogen) atoms. The van der Waals surface area contributed by atoms with E-state index in [4.69, 9.17) is 4.74 Å². The Kier molecular flexibility index (Phi) is 4.73. The van der Waals surface area contributed by atoms with Crippen molar-refractivity contribution in [3.05, 3.63) is 53.3 Å². The van der Waals surface area contributed by atoms with Crippen LogP contribution >= 0.6 is 0 Å². The first-order chi connectivity index (χ1) is 10.0. The van der Waals surface area contributed by atoms with E-state index < -0.39 is 0 Å². The lowest BCUT2D eigenvalue weighted by atomic mass is 9.98. The van der Waals surface area contributed by atoms with Gasteiger partial charge in [-0.2, -0.15) is 0 Å². The van der Waals surface area contributed by atoms with Crippen LogP contribution in [0.15, 0.2) is 36.5 Å². The van der Waals surface area contributed by atoms with Crippen LogP contribution in [-0.2, 0) is 0 Å². The zero-order chi connectivity index (χ0) is 15.4. The van der Waals surface area contributed by atoms with Gasteiger partial charge in [0.15, 0.2) is 5.78 Å². The van der Waals surface area contributed by atoms with Crippen molar-refractivity contribution < 1.29 is 9.53 Å². The van der Waals surface area contributed by atoms with Gasteiger partial charge in [0.2, 0.25) is 0 Å². The minimum Gasteiger partial charge on any atom is -0.456 e. The van der Waals surface area contributed by atoms with E-state index in [1.165, 1.54) is 11.1 Å². The molecule has 2 rings (SSSR count). The maximum atomic E-state index is 11.5. The van der Waals surface area contributed by atoms with Gasteiger partial charge in [-0.15, -0.1) is 0 Å². The summed E-state index contributed by atoms with van der Waals surface area (Å²) in [5.41, 5.74) is 3.02. The molecule has 1 aromatic heterocycles. The summed E-state index contributed by atoms with van der Waals surface area (Å²) in [5, 5.41) is 0. The average Bonchev–Trinajstić information content (AvgIpc) is 2.47. The van der Waals surface area contributed by atoms with Crippen LogP contribution in [0.1, 0.15) is 54.7 Å². The molecule has 0 amide bonds. The van der Waals surface area contributed by atoms with Gasteiger partial charge >= 0.3 is 0 Å². The molecule has 110 valence electrons. The molecule has 0 bridgehead atoms. The highest BCUT2D eigenvalue weighted by Crippen LogP contribution is 2.26. The smallest absolute Gasteiger partial charge is 0.180 e. The zero-order valence-electron chi connectivity index (χ0n) is 13.0. The van der Waals surface area contributed by atoms with Gasteiger partial charge in [0.1, 0.15) is 17.2 Å². The SMILES string of the molecule is CCC(=O)c1ccc(Oc2ccc(C(C)C)c(C)c2)cn1. The first-order valence-corrected chi connectivity index (χ1v) is 7.29. The third-order valence-corrected chi connectivity index (χ3v) is 3.44. The number of benzene rings is 1. The Hall–Kier alpha value is -2.16. The van der Waals surface area contributed by atoms with E-state index in [2.05, 4.69) is 31.8 Å². The fourth-order valence-electron chi connectivity index (χ4n) is 2.28. The Morgan fingerprint density at radius 2 is 1.90 bits per heavy atom. The highest BCUT2D eigenvalue weighted by Gasteiger charge is 2.07. The number of rotatable bonds is 5. The Balaban J connectivity index is 2.15. The molecule has 0 aliphatic rings. The van der Waals surface area contributed by atoms with Gasteiger partial charge in [0.05, 0.1) is 6.20 Å². The largest absolute Gasteiger partial charge is 0.456 e. The Morgan fingerprint density at radius 3 is 2.43 bits per heavy atom. The van der Waals surface area contributed by atoms with Gasteiger partial charge in [0, 0.05) is 6.42 Å². The molecule has 0 atom stereocenters. The summed E-state index contributed by atoms with van der Waals surface area (Å²) >= 11 is 0. The number of nitrogens with zero attached hydrogens (tertiary/aromatic N) is 1. The number of carbonyl (C=O) groups is 1. The molecule has 1 aromatic carbocycles. The summed E-state index contributed by atoms with van der Waals surface area (Å²) in [6.45, 7) is 8.27. The monoisotopic (exact) mass is 283 g/mol. The molecular weight excluding hydrogens is 262 g/mol. The lowest BCUT2D eigenvalue weighted by molar-refractivity contribution is 0.0983. The van der Waals surface area contributed by atoms with Crippen LogP contribution in [0.5, 0.6) is 11.5 Å². The Morgan fingerprint density at radius 1 is 1.19 bits per heavy atom.